The highest BCUT2D eigenvalue weighted by molar-refractivity contribution is 7.99. The first-order chi connectivity index (χ1) is 14.7. The third kappa shape index (κ3) is 5.23. The van der Waals surface area contributed by atoms with Crippen molar-refractivity contribution in [2.24, 2.45) is 0 Å². The second-order valence-electron chi connectivity index (χ2n) is 7.21. The fraction of sp³-hybridized carbons (Fsp3) is 0.304. The number of aromatic amines is 1. The fourth-order valence-electron chi connectivity index (χ4n) is 3.46. The average molecular weight is 423 g/mol. The first-order valence-corrected chi connectivity index (χ1v) is 11.1. The van der Waals surface area contributed by atoms with Crippen LogP contribution in [-0.4, -0.2) is 71.3 Å². The molecule has 0 unspecified atom stereocenters. The molecule has 1 aromatic heterocycles. The number of nitrogens with one attached hydrogen (secondary N) is 1. The van der Waals surface area contributed by atoms with Crippen molar-refractivity contribution in [1.82, 2.24) is 19.8 Å². The van der Waals surface area contributed by atoms with Crippen LogP contribution in [0.2, 0.25) is 0 Å². The molecule has 0 radical (unpaired) electrons. The zero-order chi connectivity index (χ0) is 20.8. The van der Waals surface area contributed by atoms with E-state index in [1.807, 2.05) is 41.3 Å². The summed E-state index contributed by atoms with van der Waals surface area (Å²) in [4.78, 5) is 24.7. The van der Waals surface area contributed by atoms with Gasteiger partial charge in [0.15, 0.2) is 5.16 Å². The van der Waals surface area contributed by atoms with Crippen LogP contribution in [0.25, 0.3) is 17.1 Å². The number of thioether (sulfide) groups is 1. The number of hydrogen-bond donors (Lipinski definition) is 1. The fourth-order valence-corrected chi connectivity index (χ4v) is 4.25. The van der Waals surface area contributed by atoms with Gasteiger partial charge in [0, 0.05) is 38.8 Å². The van der Waals surface area contributed by atoms with Crippen LogP contribution in [0.4, 0.5) is 0 Å². The number of carbonyl (C=O) groups excluding carboxylic acids is 1. The van der Waals surface area contributed by atoms with Gasteiger partial charge in [0.2, 0.25) is 5.91 Å². The summed E-state index contributed by atoms with van der Waals surface area (Å²) in [7, 11) is 1.64. The van der Waals surface area contributed by atoms with Crippen LogP contribution in [0.5, 0.6) is 5.75 Å². The van der Waals surface area contributed by atoms with Gasteiger partial charge in [-0.25, -0.2) is 4.98 Å². The number of aromatic nitrogens is 2. The molecule has 156 valence electrons. The Bertz CT molecular complexity index is 1010. The first kappa shape index (κ1) is 20.5. The molecule has 1 fully saturated rings. The number of carbonyl (C=O) groups is 1. The molecule has 4 rings (SSSR count). The second-order valence-corrected chi connectivity index (χ2v) is 8.17. The van der Waals surface area contributed by atoms with Gasteiger partial charge in [-0.2, -0.15) is 0 Å². The molecule has 6 nitrogen and oxygen atoms in total. The van der Waals surface area contributed by atoms with Gasteiger partial charge in [-0.15, -0.1) is 0 Å². The molecule has 30 heavy (non-hydrogen) atoms. The van der Waals surface area contributed by atoms with Crippen molar-refractivity contribution in [1.29, 1.82) is 0 Å². The minimum Gasteiger partial charge on any atom is -0.497 e. The number of imidazole rings is 1. The molecule has 0 saturated carbocycles. The van der Waals surface area contributed by atoms with Crippen LogP contribution in [-0.2, 0) is 4.79 Å². The Morgan fingerprint density at radius 3 is 2.73 bits per heavy atom. The van der Waals surface area contributed by atoms with E-state index in [-0.39, 0.29) is 5.91 Å². The van der Waals surface area contributed by atoms with E-state index < -0.39 is 0 Å². The molecule has 1 saturated heterocycles. The van der Waals surface area contributed by atoms with Gasteiger partial charge in [-0.05, 0) is 17.7 Å². The SMILES string of the molecule is COc1ccc2nc(SCC(=O)N3CCN(C/C=C/c4ccccc4)CC3)[nH]c2c1. The third-order valence-corrected chi connectivity index (χ3v) is 6.06. The summed E-state index contributed by atoms with van der Waals surface area (Å²) in [6, 6.07) is 16.0. The smallest absolute Gasteiger partial charge is 0.233 e. The molecule has 3 aromatic rings. The maximum Gasteiger partial charge on any atom is 0.233 e. The molecule has 1 amide bonds. The molecule has 7 heteroatoms. The van der Waals surface area contributed by atoms with Crippen LogP contribution >= 0.6 is 11.8 Å². The van der Waals surface area contributed by atoms with Gasteiger partial charge in [-0.3, -0.25) is 9.69 Å². The largest absolute Gasteiger partial charge is 0.497 e. The number of rotatable bonds is 7. The molecule has 1 N–H and O–H groups in total. The molecular formula is C23H26N4O2S. The number of fused-ring (bicyclic) bond motifs is 1. The molecular weight excluding hydrogens is 396 g/mol. The van der Waals surface area contributed by atoms with Crippen LogP contribution in [0, 0.1) is 0 Å². The zero-order valence-electron chi connectivity index (χ0n) is 17.1. The van der Waals surface area contributed by atoms with E-state index in [0.717, 1.165) is 54.7 Å². The van der Waals surface area contributed by atoms with E-state index in [9.17, 15) is 4.79 Å². The summed E-state index contributed by atoms with van der Waals surface area (Å²) < 4.78 is 5.24. The quantitative estimate of drug-likeness (QED) is 0.591. The average Bonchev–Trinajstić information content (AvgIpc) is 3.20. The zero-order valence-corrected chi connectivity index (χ0v) is 17.9. The minimum absolute atomic E-state index is 0.164. The summed E-state index contributed by atoms with van der Waals surface area (Å²) in [5.41, 5.74) is 3.01. The predicted octanol–water partition coefficient (Wildman–Crippen LogP) is 3.52. The van der Waals surface area contributed by atoms with Crippen LogP contribution in [0.15, 0.2) is 59.8 Å². The Kier molecular flexibility index (Phi) is 6.71. The number of H-pyrrole nitrogens is 1. The number of methoxy groups -OCH3 is 1. The number of hydrogen-bond acceptors (Lipinski definition) is 5. The lowest BCUT2D eigenvalue weighted by atomic mass is 10.2. The number of benzene rings is 2. The van der Waals surface area contributed by atoms with Crippen LogP contribution in [0.3, 0.4) is 0 Å². The second kappa shape index (κ2) is 9.82. The normalized spacial score (nSPS) is 15.2. The lowest BCUT2D eigenvalue weighted by molar-refractivity contribution is -0.130. The number of piperazine rings is 1. The van der Waals surface area contributed by atoms with Crippen molar-refractivity contribution in [3.05, 3.63) is 60.2 Å². The van der Waals surface area contributed by atoms with E-state index >= 15 is 0 Å². The van der Waals surface area contributed by atoms with Crippen LogP contribution < -0.4 is 4.74 Å². The number of ether oxygens (including phenoxy) is 1. The first-order valence-electron chi connectivity index (χ1n) is 10.1. The van der Waals surface area contributed by atoms with Gasteiger partial charge in [-0.1, -0.05) is 54.2 Å². The highest BCUT2D eigenvalue weighted by Crippen LogP contribution is 2.23. The van der Waals surface area contributed by atoms with Crippen LogP contribution in [0.1, 0.15) is 5.56 Å². The van der Waals surface area contributed by atoms with Gasteiger partial charge >= 0.3 is 0 Å². The van der Waals surface area contributed by atoms with Gasteiger partial charge in [0.25, 0.3) is 0 Å². The van der Waals surface area contributed by atoms with Gasteiger partial charge in [0.1, 0.15) is 5.75 Å². The maximum absolute atomic E-state index is 12.6. The Morgan fingerprint density at radius 2 is 1.97 bits per heavy atom. The summed E-state index contributed by atoms with van der Waals surface area (Å²) >= 11 is 1.45. The van der Waals surface area contributed by atoms with E-state index in [1.165, 1.54) is 17.3 Å². The Labute approximate surface area is 180 Å². The van der Waals surface area contributed by atoms with E-state index in [1.54, 1.807) is 7.11 Å². The summed E-state index contributed by atoms with van der Waals surface area (Å²) in [6.45, 7) is 4.26. The monoisotopic (exact) mass is 422 g/mol. The van der Waals surface area contributed by atoms with Crippen molar-refractivity contribution in [2.75, 3.05) is 45.6 Å². The van der Waals surface area contributed by atoms with E-state index in [2.05, 4.69) is 39.2 Å². The summed E-state index contributed by atoms with van der Waals surface area (Å²) in [5.74, 6) is 1.35. The predicted molar refractivity (Wildman–Crippen MR) is 122 cm³/mol. The van der Waals surface area contributed by atoms with Crippen molar-refractivity contribution in [3.8, 4) is 5.75 Å². The Hall–Kier alpha value is -2.77. The Morgan fingerprint density at radius 1 is 1.17 bits per heavy atom. The van der Waals surface area contributed by atoms with E-state index in [4.69, 9.17) is 4.74 Å². The molecule has 2 heterocycles. The van der Waals surface area contributed by atoms with E-state index in [0.29, 0.717) is 5.75 Å². The minimum atomic E-state index is 0.164. The molecule has 1 aliphatic heterocycles. The molecule has 0 aliphatic carbocycles. The highest BCUT2D eigenvalue weighted by atomic mass is 32.2. The van der Waals surface area contributed by atoms with Crippen molar-refractivity contribution in [2.45, 2.75) is 5.16 Å². The van der Waals surface area contributed by atoms with Gasteiger partial charge < -0.3 is 14.6 Å². The topological polar surface area (TPSA) is 61.5 Å². The summed E-state index contributed by atoms with van der Waals surface area (Å²) in [6.07, 6.45) is 4.34. The molecule has 2 aromatic carbocycles. The highest BCUT2D eigenvalue weighted by Gasteiger charge is 2.20. The molecule has 0 atom stereocenters. The van der Waals surface area contributed by atoms with Crippen molar-refractivity contribution < 1.29 is 9.53 Å². The molecule has 1 aliphatic rings. The lowest BCUT2D eigenvalue weighted by Crippen LogP contribution is -2.49. The third-order valence-electron chi connectivity index (χ3n) is 5.20. The summed E-state index contributed by atoms with van der Waals surface area (Å²) in [5, 5.41) is 0.760. The molecule has 0 spiro atoms. The lowest BCUT2D eigenvalue weighted by Gasteiger charge is -2.34. The maximum atomic E-state index is 12.6. The number of amides is 1. The molecule has 0 bridgehead atoms. The standard InChI is InChI=1S/C23H26N4O2S/c1-29-19-9-10-20-21(16-19)25-23(24-20)30-17-22(28)27-14-12-26(13-15-27)11-5-8-18-6-3-2-4-7-18/h2-10,16H,11-15,17H2,1H3,(H,24,25)/b8-5+. The van der Waals surface area contributed by atoms with Gasteiger partial charge in [0.05, 0.1) is 23.9 Å². The van der Waals surface area contributed by atoms with Crippen molar-refractivity contribution >= 4 is 34.8 Å². The Balaban J connectivity index is 1.22. The van der Waals surface area contributed by atoms with Crippen molar-refractivity contribution in [3.63, 3.8) is 0 Å². The number of nitrogens with zero attached hydrogens (tertiary/aromatic N) is 3.